The molecule has 140 valence electrons. The summed E-state index contributed by atoms with van der Waals surface area (Å²) in [5, 5.41) is 3.64. The molecule has 7 nitrogen and oxygen atoms in total. The Bertz CT molecular complexity index is 820. The summed E-state index contributed by atoms with van der Waals surface area (Å²) in [7, 11) is 0. The topological polar surface area (TPSA) is 78.3 Å². The van der Waals surface area contributed by atoms with E-state index in [1.165, 1.54) is 6.20 Å². The molecule has 0 amide bonds. The molecule has 0 bridgehead atoms. The van der Waals surface area contributed by atoms with E-state index in [-0.39, 0.29) is 22.4 Å². The number of hydrogen-bond donors (Lipinski definition) is 1. The first kappa shape index (κ1) is 18.6. The minimum atomic E-state index is -4.52. The summed E-state index contributed by atoms with van der Waals surface area (Å²) < 4.78 is 43.7. The molecule has 1 aliphatic heterocycles. The quantitative estimate of drug-likeness (QED) is 0.791. The lowest BCUT2D eigenvalue weighted by Gasteiger charge is -2.12. The molecule has 11 heteroatoms. The van der Waals surface area contributed by atoms with Gasteiger partial charge in [-0.2, -0.15) is 23.0 Å². The van der Waals surface area contributed by atoms with Crippen molar-refractivity contribution in [3.63, 3.8) is 0 Å². The van der Waals surface area contributed by atoms with Gasteiger partial charge in [0.1, 0.15) is 10.7 Å². The van der Waals surface area contributed by atoms with Gasteiger partial charge in [-0.1, -0.05) is 11.6 Å². The summed E-state index contributed by atoms with van der Waals surface area (Å²) >= 11 is 6.00. The largest absolute Gasteiger partial charge is 0.417 e. The maximum atomic E-state index is 12.6. The summed E-state index contributed by atoms with van der Waals surface area (Å²) in [4.78, 5) is 21.2. The van der Waals surface area contributed by atoms with Crippen molar-refractivity contribution in [2.75, 3.05) is 25.3 Å². The van der Waals surface area contributed by atoms with Crippen LogP contribution >= 0.6 is 11.6 Å². The van der Waals surface area contributed by atoms with Crippen molar-refractivity contribution in [1.29, 1.82) is 0 Å². The number of rotatable bonds is 5. The second-order valence-electron chi connectivity index (χ2n) is 5.63. The van der Waals surface area contributed by atoms with Crippen LogP contribution < -0.4 is 11.0 Å². The molecular formula is C15H14ClF3N4O3. The summed E-state index contributed by atoms with van der Waals surface area (Å²) in [6.07, 6.45) is -1.78. The van der Waals surface area contributed by atoms with Gasteiger partial charge in [-0.05, 0) is 18.6 Å². The monoisotopic (exact) mass is 390 g/mol. The fraction of sp³-hybridized carbons (Fsp3) is 0.400. The number of pyridine rings is 1. The number of nitrogens with one attached hydrogen (secondary N) is 1. The number of aromatic nitrogens is 3. The van der Waals surface area contributed by atoms with Crippen LogP contribution in [0.4, 0.5) is 18.9 Å². The van der Waals surface area contributed by atoms with Crippen molar-refractivity contribution in [1.82, 2.24) is 14.8 Å². The molecule has 0 aromatic carbocycles. The first-order valence-corrected chi connectivity index (χ1v) is 8.01. The lowest BCUT2D eigenvalue weighted by molar-refractivity contribution is -0.137. The van der Waals surface area contributed by atoms with E-state index in [0.717, 1.165) is 23.2 Å². The van der Waals surface area contributed by atoms with Gasteiger partial charge in [0, 0.05) is 18.7 Å². The Morgan fingerprint density at radius 2 is 2.19 bits per heavy atom. The van der Waals surface area contributed by atoms with Gasteiger partial charge in [0.25, 0.3) is 5.56 Å². The van der Waals surface area contributed by atoms with Crippen LogP contribution in [-0.2, 0) is 15.8 Å². The number of anilines is 1. The molecule has 1 unspecified atom stereocenters. The normalized spacial score (nSPS) is 17.5. The molecule has 0 saturated carbocycles. The van der Waals surface area contributed by atoms with Crippen molar-refractivity contribution >= 4 is 17.3 Å². The first-order valence-electron chi connectivity index (χ1n) is 7.63. The summed E-state index contributed by atoms with van der Waals surface area (Å²) in [5.41, 5.74) is 1.04. The number of ether oxygens (including phenoxy) is 1. The van der Waals surface area contributed by atoms with Crippen molar-refractivity contribution < 1.29 is 22.7 Å². The van der Waals surface area contributed by atoms with Gasteiger partial charge in [0.05, 0.1) is 25.0 Å². The Balaban J connectivity index is 1.73. The Labute approximate surface area is 150 Å². The lowest BCUT2D eigenvalue weighted by Crippen LogP contribution is -2.24. The van der Waals surface area contributed by atoms with Gasteiger partial charge in [0.2, 0.25) is 0 Å². The molecule has 1 aliphatic rings. The molecule has 3 heterocycles. The van der Waals surface area contributed by atoms with E-state index >= 15 is 0 Å². The van der Waals surface area contributed by atoms with Crippen molar-refractivity contribution in [3.05, 3.63) is 45.5 Å². The second kappa shape index (κ2) is 7.60. The van der Waals surface area contributed by atoms with Crippen LogP contribution in [0.1, 0.15) is 12.0 Å². The van der Waals surface area contributed by atoms with E-state index in [1.54, 1.807) is 0 Å². The summed E-state index contributed by atoms with van der Waals surface area (Å²) in [5.74, 6) is 0.173. The Kier molecular flexibility index (Phi) is 5.44. The predicted molar refractivity (Wildman–Crippen MR) is 86.1 cm³/mol. The average molecular weight is 391 g/mol. The maximum Gasteiger partial charge on any atom is 0.417 e. The van der Waals surface area contributed by atoms with Crippen LogP contribution in [0.15, 0.2) is 29.3 Å². The molecule has 2 aromatic heterocycles. The molecule has 2 aromatic rings. The average Bonchev–Trinajstić information content (AvgIpc) is 3.12. The van der Waals surface area contributed by atoms with Gasteiger partial charge in [0.15, 0.2) is 5.82 Å². The van der Waals surface area contributed by atoms with Gasteiger partial charge in [-0.3, -0.25) is 15.1 Å². The van der Waals surface area contributed by atoms with Crippen molar-refractivity contribution in [2.45, 2.75) is 12.6 Å². The van der Waals surface area contributed by atoms with E-state index in [4.69, 9.17) is 21.2 Å². The first-order chi connectivity index (χ1) is 12.4. The van der Waals surface area contributed by atoms with Crippen LogP contribution in [-0.4, -0.2) is 34.6 Å². The van der Waals surface area contributed by atoms with E-state index in [1.807, 2.05) is 0 Å². The number of hydrogen-bond acceptors (Lipinski definition) is 6. The number of halogens is 4. The van der Waals surface area contributed by atoms with Crippen molar-refractivity contribution in [2.24, 2.45) is 5.92 Å². The third-order valence-electron chi connectivity index (χ3n) is 3.74. The van der Waals surface area contributed by atoms with Gasteiger partial charge in [-0.15, -0.1) is 0 Å². The molecule has 1 N–H and O–H groups in total. The minimum absolute atomic E-state index is 0.0829. The molecule has 0 radical (unpaired) electrons. The van der Waals surface area contributed by atoms with E-state index in [0.29, 0.717) is 26.0 Å². The van der Waals surface area contributed by atoms with E-state index in [9.17, 15) is 18.0 Å². The van der Waals surface area contributed by atoms with Crippen LogP contribution in [0.5, 0.6) is 0 Å². The van der Waals surface area contributed by atoms with Crippen LogP contribution in [0, 0.1) is 5.92 Å². The lowest BCUT2D eigenvalue weighted by atomic mass is 10.1. The van der Waals surface area contributed by atoms with Gasteiger partial charge < -0.3 is 4.74 Å². The molecule has 26 heavy (non-hydrogen) atoms. The predicted octanol–water partition coefficient (Wildman–Crippen LogP) is 2.68. The van der Waals surface area contributed by atoms with E-state index < -0.39 is 17.3 Å². The molecular weight excluding hydrogens is 377 g/mol. The zero-order chi connectivity index (χ0) is 18.7. The summed E-state index contributed by atoms with van der Waals surface area (Å²) in [6, 6.07) is 1.85. The highest BCUT2D eigenvalue weighted by molar-refractivity contribution is 6.32. The van der Waals surface area contributed by atoms with Gasteiger partial charge in [-0.25, -0.2) is 4.98 Å². The standard InChI is InChI=1S/C15H14ClF3N4O3/c16-13-11(22-26-8-9-3-4-25-7-9)6-21-23(14(13)24)12-2-1-10(5-20-12)15(17,18)19/h1-2,5-6,9,22H,3-4,7-8H2. The third kappa shape index (κ3) is 4.14. The maximum absolute atomic E-state index is 12.6. The Hall–Kier alpha value is -2.17. The molecule has 3 rings (SSSR count). The molecule has 0 spiro atoms. The SMILES string of the molecule is O=c1c(Cl)c(NOCC2CCOC2)cnn1-c1ccc(C(F)(F)F)cn1. The van der Waals surface area contributed by atoms with Crippen LogP contribution in [0.3, 0.4) is 0 Å². The molecule has 0 aliphatic carbocycles. The number of alkyl halides is 3. The Morgan fingerprint density at radius 3 is 2.81 bits per heavy atom. The molecule has 1 saturated heterocycles. The third-order valence-corrected chi connectivity index (χ3v) is 4.10. The van der Waals surface area contributed by atoms with E-state index in [2.05, 4.69) is 15.6 Å². The smallest absolute Gasteiger partial charge is 0.381 e. The second-order valence-corrected chi connectivity index (χ2v) is 6.01. The highest BCUT2D eigenvalue weighted by Gasteiger charge is 2.30. The minimum Gasteiger partial charge on any atom is -0.381 e. The molecule has 1 atom stereocenters. The fourth-order valence-electron chi connectivity index (χ4n) is 2.30. The Morgan fingerprint density at radius 1 is 1.38 bits per heavy atom. The van der Waals surface area contributed by atoms with Crippen LogP contribution in [0.2, 0.25) is 5.02 Å². The van der Waals surface area contributed by atoms with Gasteiger partial charge >= 0.3 is 6.18 Å². The number of nitrogens with zero attached hydrogens (tertiary/aromatic N) is 3. The zero-order valence-electron chi connectivity index (χ0n) is 13.3. The summed E-state index contributed by atoms with van der Waals surface area (Å²) in [6.45, 7) is 1.67. The zero-order valence-corrected chi connectivity index (χ0v) is 14.0. The highest BCUT2D eigenvalue weighted by Crippen LogP contribution is 2.28. The molecule has 1 fully saturated rings. The van der Waals surface area contributed by atoms with Crippen molar-refractivity contribution in [3.8, 4) is 5.82 Å². The highest BCUT2D eigenvalue weighted by atomic mass is 35.5. The fourth-order valence-corrected chi connectivity index (χ4v) is 2.47. The van der Waals surface area contributed by atoms with Crippen LogP contribution in [0.25, 0.3) is 5.82 Å².